The molecule has 0 bridgehead atoms. The minimum absolute atomic E-state index is 0.255. The largest absolute Gasteiger partial charge is 0.376 e. The van der Waals surface area contributed by atoms with Gasteiger partial charge in [0.1, 0.15) is 0 Å². The number of ether oxygens (including phenoxy) is 1. The average Bonchev–Trinajstić information content (AvgIpc) is 2.55. The van der Waals surface area contributed by atoms with E-state index in [1.165, 1.54) is 0 Å². The predicted octanol–water partition coefficient (Wildman–Crippen LogP) is 1.47. The molecule has 1 saturated heterocycles. The molecular formula is C16H21N5O2. The number of urea groups is 1. The quantitative estimate of drug-likeness (QED) is 0.893. The number of amides is 2. The van der Waals surface area contributed by atoms with E-state index in [4.69, 9.17) is 4.74 Å². The first-order chi connectivity index (χ1) is 11.2. The monoisotopic (exact) mass is 315 g/mol. The molecule has 1 unspecified atom stereocenters. The van der Waals surface area contributed by atoms with Gasteiger partial charge in [0.25, 0.3) is 0 Å². The molecule has 1 aromatic carbocycles. The van der Waals surface area contributed by atoms with E-state index in [-0.39, 0.29) is 12.1 Å². The van der Waals surface area contributed by atoms with Crippen LogP contribution in [0.1, 0.15) is 6.92 Å². The van der Waals surface area contributed by atoms with Gasteiger partial charge in [-0.2, -0.15) is 0 Å². The molecular weight excluding hydrogens is 294 g/mol. The summed E-state index contributed by atoms with van der Waals surface area (Å²) in [5.74, 6) is 0.446. The van der Waals surface area contributed by atoms with Crippen LogP contribution >= 0.6 is 0 Å². The van der Waals surface area contributed by atoms with Gasteiger partial charge in [0.2, 0.25) is 0 Å². The third-order valence-corrected chi connectivity index (χ3v) is 3.77. The Balaban J connectivity index is 1.46. The Kier molecular flexibility index (Phi) is 4.99. The molecule has 2 heterocycles. The van der Waals surface area contributed by atoms with Gasteiger partial charge in [-0.15, -0.1) is 10.2 Å². The Labute approximate surface area is 135 Å². The summed E-state index contributed by atoms with van der Waals surface area (Å²) in [7, 11) is 0. The summed E-state index contributed by atoms with van der Waals surface area (Å²) in [6.07, 6.45) is 0.255. The molecule has 1 aliphatic heterocycles. The van der Waals surface area contributed by atoms with E-state index < -0.39 is 0 Å². The Hall–Kier alpha value is -2.25. The number of nitrogens with zero attached hydrogens (tertiary/aromatic N) is 3. The lowest BCUT2D eigenvalue weighted by Gasteiger charge is -2.30. The van der Waals surface area contributed by atoms with E-state index in [1.54, 1.807) is 0 Å². The summed E-state index contributed by atoms with van der Waals surface area (Å²) < 4.78 is 5.49. The first-order valence-corrected chi connectivity index (χ1v) is 7.82. The minimum atomic E-state index is -0.268. The fourth-order valence-electron chi connectivity index (χ4n) is 2.63. The standard InChI is InChI=1S/C16H21N5O2/c1-12-11-21(8-9-23-12)7-6-17-16(22)18-15-10-13-4-2-3-5-14(13)19-20-15/h2-5,10,12H,6-9,11H2,1H3,(H2,17,18,20,22). The highest BCUT2D eigenvalue weighted by Gasteiger charge is 2.16. The van der Waals surface area contributed by atoms with Crippen LogP contribution < -0.4 is 10.6 Å². The van der Waals surface area contributed by atoms with Gasteiger partial charge in [0.15, 0.2) is 5.82 Å². The maximum absolute atomic E-state index is 11.9. The molecule has 3 rings (SSSR count). The van der Waals surface area contributed by atoms with E-state index in [0.717, 1.165) is 37.1 Å². The normalized spacial score (nSPS) is 18.7. The zero-order chi connectivity index (χ0) is 16.1. The zero-order valence-corrected chi connectivity index (χ0v) is 13.2. The van der Waals surface area contributed by atoms with Crippen LogP contribution in [-0.4, -0.2) is 60.0 Å². The third-order valence-electron chi connectivity index (χ3n) is 3.77. The number of carbonyl (C=O) groups is 1. The Morgan fingerprint density at radius 1 is 1.39 bits per heavy atom. The van der Waals surface area contributed by atoms with Crippen molar-refractivity contribution < 1.29 is 9.53 Å². The molecule has 1 fully saturated rings. The van der Waals surface area contributed by atoms with Crippen LogP contribution in [0.4, 0.5) is 10.6 Å². The van der Waals surface area contributed by atoms with Crippen molar-refractivity contribution in [2.24, 2.45) is 0 Å². The minimum Gasteiger partial charge on any atom is -0.376 e. The molecule has 1 aliphatic rings. The van der Waals surface area contributed by atoms with E-state index >= 15 is 0 Å². The number of carbonyl (C=O) groups excluding carboxylic acids is 1. The second kappa shape index (κ2) is 7.34. The highest BCUT2D eigenvalue weighted by molar-refractivity contribution is 5.90. The first-order valence-electron chi connectivity index (χ1n) is 7.82. The van der Waals surface area contributed by atoms with Gasteiger partial charge in [0, 0.05) is 31.6 Å². The smallest absolute Gasteiger partial charge is 0.320 e. The molecule has 7 nitrogen and oxygen atoms in total. The maximum Gasteiger partial charge on any atom is 0.320 e. The van der Waals surface area contributed by atoms with Crippen molar-refractivity contribution in [1.82, 2.24) is 20.4 Å². The number of rotatable bonds is 4. The van der Waals surface area contributed by atoms with Crippen LogP contribution in [0.15, 0.2) is 30.3 Å². The lowest BCUT2D eigenvalue weighted by molar-refractivity contribution is -0.0174. The number of nitrogens with one attached hydrogen (secondary N) is 2. The zero-order valence-electron chi connectivity index (χ0n) is 13.2. The average molecular weight is 315 g/mol. The maximum atomic E-state index is 11.9. The number of anilines is 1. The van der Waals surface area contributed by atoms with Crippen molar-refractivity contribution in [3.05, 3.63) is 30.3 Å². The van der Waals surface area contributed by atoms with Gasteiger partial charge < -0.3 is 10.1 Å². The molecule has 122 valence electrons. The lowest BCUT2D eigenvalue weighted by Crippen LogP contribution is -2.45. The lowest BCUT2D eigenvalue weighted by atomic mass is 10.2. The summed E-state index contributed by atoms with van der Waals surface area (Å²) in [5, 5.41) is 14.6. The number of hydrogen-bond acceptors (Lipinski definition) is 5. The van der Waals surface area contributed by atoms with Crippen LogP contribution in [0.3, 0.4) is 0 Å². The highest BCUT2D eigenvalue weighted by Crippen LogP contribution is 2.13. The van der Waals surface area contributed by atoms with E-state index in [9.17, 15) is 4.79 Å². The van der Waals surface area contributed by atoms with Crippen molar-refractivity contribution >= 4 is 22.8 Å². The topological polar surface area (TPSA) is 79.4 Å². The first kappa shape index (κ1) is 15.6. The van der Waals surface area contributed by atoms with Crippen molar-refractivity contribution in [2.75, 3.05) is 38.1 Å². The Morgan fingerprint density at radius 2 is 2.26 bits per heavy atom. The molecule has 23 heavy (non-hydrogen) atoms. The molecule has 2 N–H and O–H groups in total. The van der Waals surface area contributed by atoms with E-state index in [0.29, 0.717) is 12.4 Å². The number of hydrogen-bond donors (Lipinski definition) is 2. The highest BCUT2D eigenvalue weighted by atomic mass is 16.5. The van der Waals surface area contributed by atoms with Gasteiger partial charge in [0.05, 0.1) is 18.2 Å². The van der Waals surface area contributed by atoms with Crippen molar-refractivity contribution in [3.63, 3.8) is 0 Å². The van der Waals surface area contributed by atoms with Crippen LogP contribution in [0.2, 0.25) is 0 Å². The second-order valence-corrected chi connectivity index (χ2v) is 5.65. The number of morpholine rings is 1. The fourth-order valence-corrected chi connectivity index (χ4v) is 2.63. The van der Waals surface area contributed by atoms with Gasteiger partial charge in [-0.25, -0.2) is 4.79 Å². The predicted molar refractivity (Wildman–Crippen MR) is 88.4 cm³/mol. The number of aromatic nitrogens is 2. The van der Waals surface area contributed by atoms with Gasteiger partial charge in [-0.05, 0) is 19.1 Å². The summed E-state index contributed by atoms with van der Waals surface area (Å²) in [4.78, 5) is 14.2. The molecule has 1 aromatic heterocycles. The van der Waals surface area contributed by atoms with Crippen molar-refractivity contribution in [3.8, 4) is 0 Å². The molecule has 7 heteroatoms. The van der Waals surface area contributed by atoms with Gasteiger partial charge >= 0.3 is 6.03 Å². The molecule has 0 radical (unpaired) electrons. The van der Waals surface area contributed by atoms with Gasteiger partial charge in [-0.3, -0.25) is 10.2 Å². The van der Waals surface area contributed by atoms with Gasteiger partial charge in [-0.1, -0.05) is 18.2 Å². The molecule has 1 atom stereocenters. The molecule has 2 aromatic rings. The van der Waals surface area contributed by atoms with Crippen molar-refractivity contribution in [1.29, 1.82) is 0 Å². The Morgan fingerprint density at radius 3 is 3.13 bits per heavy atom. The summed E-state index contributed by atoms with van der Waals surface area (Å²) in [6.45, 7) is 6.01. The van der Waals surface area contributed by atoms with E-state index in [1.807, 2.05) is 30.3 Å². The molecule has 0 spiro atoms. The van der Waals surface area contributed by atoms with Crippen LogP contribution in [0.5, 0.6) is 0 Å². The SMILES string of the molecule is CC1CN(CCNC(=O)Nc2cc3ccccc3nn2)CCO1. The van der Waals surface area contributed by atoms with Crippen LogP contribution in [-0.2, 0) is 4.74 Å². The summed E-state index contributed by atoms with van der Waals surface area (Å²) in [6, 6.07) is 9.20. The summed E-state index contributed by atoms with van der Waals surface area (Å²) >= 11 is 0. The molecule has 0 saturated carbocycles. The third kappa shape index (κ3) is 4.37. The van der Waals surface area contributed by atoms with Crippen LogP contribution in [0.25, 0.3) is 10.9 Å². The van der Waals surface area contributed by atoms with Crippen LogP contribution in [0, 0.1) is 0 Å². The van der Waals surface area contributed by atoms with Crippen molar-refractivity contribution in [2.45, 2.75) is 13.0 Å². The number of fused-ring (bicyclic) bond motifs is 1. The number of benzene rings is 1. The summed E-state index contributed by atoms with van der Waals surface area (Å²) in [5.41, 5.74) is 0.805. The second-order valence-electron chi connectivity index (χ2n) is 5.65. The molecule has 2 amide bonds. The fraction of sp³-hybridized carbons (Fsp3) is 0.438. The van der Waals surface area contributed by atoms with E-state index in [2.05, 4.69) is 32.7 Å². The Bertz CT molecular complexity index is 678. The molecule has 0 aliphatic carbocycles.